The van der Waals surface area contributed by atoms with Crippen molar-refractivity contribution in [3.63, 3.8) is 0 Å². The van der Waals surface area contributed by atoms with Crippen molar-refractivity contribution in [3.8, 4) is 5.75 Å². The summed E-state index contributed by atoms with van der Waals surface area (Å²) in [6, 6.07) is 5.25. The minimum absolute atomic E-state index is 0.127. The first-order valence-electron chi connectivity index (χ1n) is 10.3. The molecule has 0 spiro atoms. The number of halogens is 1. The van der Waals surface area contributed by atoms with Gasteiger partial charge in [0.05, 0.1) is 12.2 Å². The number of aromatic nitrogens is 3. The average Bonchev–Trinajstić information content (AvgIpc) is 3.16. The molecule has 0 aliphatic carbocycles. The summed E-state index contributed by atoms with van der Waals surface area (Å²) < 4.78 is 14.1. The summed E-state index contributed by atoms with van der Waals surface area (Å²) in [5.74, 6) is 1.77. The van der Waals surface area contributed by atoms with E-state index in [1.165, 1.54) is 0 Å². The number of hydrogen-bond donors (Lipinski definition) is 1. The van der Waals surface area contributed by atoms with Gasteiger partial charge in [-0.1, -0.05) is 54.2 Å². The second kappa shape index (κ2) is 10.9. The number of carbonyl (C=O) groups is 1. The van der Waals surface area contributed by atoms with Crippen molar-refractivity contribution in [2.45, 2.75) is 44.8 Å². The van der Waals surface area contributed by atoms with Gasteiger partial charge >= 0.3 is 5.97 Å². The Kier molecular flexibility index (Phi) is 8.20. The lowest BCUT2D eigenvalue weighted by Gasteiger charge is -2.29. The van der Waals surface area contributed by atoms with E-state index in [0.29, 0.717) is 34.7 Å². The molecular weight excluding hydrogens is 480 g/mol. The zero-order valence-corrected chi connectivity index (χ0v) is 20.4. The molecule has 0 amide bonds. The molecule has 1 atom stereocenters. The molecule has 0 saturated heterocycles. The van der Waals surface area contributed by atoms with E-state index >= 15 is 0 Å². The predicted molar refractivity (Wildman–Crippen MR) is 127 cm³/mol. The Bertz CT molecular complexity index is 989. The van der Waals surface area contributed by atoms with Crippen LogP contribution in [-0.4, -0.2) is 39.7 Å². The van der Waals surface area contributed by atoms with E-state index in [9.17, 15) is 4.79 Å². The van der Waals surface area contributed by atoms with Gasteiger partial charge in [0.2, 0.25) is 11.1 Å². The zero-order valence-electron chi connectivity index (χ0n) is 18.0. The Morgan fingerprint density at radius 1 is 1.39 bits per heavy atom. The number of thioether (sulfide) groups is 1. The van der Waals surface area contributed by atoms with Crippen molar-refractivity contribution in [3.05, 3.63) is 52.2 Å². The molecule has 31 heavy (non-hydrogen) atoms. The van der Waals surface area contributed by atoms with Crippen molar-refractivity contribution in [1.29, 1.82) is 0 Å². The third-order valence-electron chi connectivity index (χ3n) is 4.55. The minimum atomic E-state index is -0.540. The van der Waals surface area contributed by atoms with Crippen LogP contribution in [0.5, 0.6) is 5.75 Å². The molecule has 2 aromatic rings. The number of hydrogen-bond acceptors (Lipinski definition) is 7. The molecule has 7 nitrogen and oxygen atoms in total. The fraction of sp³-hybridized carbons (Fsp3) is 0.409. The Morgan fingerprint density at radius 2 is 2.19 bits per heavy atom. The second-order valence-electron chi connectivity index (χ2n) is 6.99. The predicted octanol–water partition coefficient (Wildman–Crippen LogP) is 5.35. The third kappa shape index (κ3) is 5.33. The summed E-state index contributed by atoms with van der Waals surface area (Å²) in [6.45, 7) is 10.3. The zero-order chi connectivity index (χ0) is 22.4. The van der Waals surface area contributed by atoms with E-state index < -0.39 is 12.0 Å². The smallest absolute Gasteiger partial charge is 0.338 e. The van der Waals surface area contributed by atoms with Crippen LogP contribution in [-0.2, 0) is 9.53 Å². The van der Waals surface area contributed by atoms with Gasteiger partial charge in [-0.2, -0.15) is 4.98 Å². The highest BCUT2D eigenvalue weighted by atomic mass is 79.9. The number of nitrogens with one attached hydrogen (secondary N) is 1. The Labute approximate surface area is 195 Å². The highest BCUT2D eigenvalue weighted by Gasteiger charge is 2.37. The van der Waals surface area contributed by atoms with Crippen LogP contribution in [0.4, 0.5) is 5.95 Å². The molecule has 1 aliphatic heterocycles. The topological polar surface area (TPSA) is 78.3 Å². The van der Waals surface area contributed by atoms with Crippen LogP contribution in [0.3, 0.4) is 0 Å². The summed E-state index contributed by atoms with van der Waals surface area (Å²) >= 11 is 5.14. The first-order chi connectivity index (χ1) is 15.0. The van der Waals surface area contributed by atoms with Gasteiger partial charge in [0, 0.05) is 21.5 Å². The minimum Gasteiger partial charge on any atom is -0.493 e. The molecule has 0 bridgehead atoms. The number of rotatable bonds is 10. The summed E-state index contributed by atoms with van der Waals surface area (Å²) in [5, 5.41) is 8.60. The highest BCUT2D eigenvalue weighted by molar-refractivity contribution is 9.10. The Balaban J connectivity index is 2.15. The van der Waals surface area contributed by atoms with Crippen molar-refractivity contribution in [2.24, 2.45) is 0 Å². The second-order valence-corrected chi connectivity index (χ2v) is 8.97. The standard InChI is InChI=1S/C22H27BrN4O3S/c1-5-10-29-17-9-8-15(23)13-16(17)19-18(20(28)30-11-6-2)14(4)24-21-25-22(26-27(19)21)31-12-7-3/h6,8-9,13,19H,2,5,7,10-12H2,1,3-4H3,(H,24,25,26). The molecule has 1 unspecified atom stereocenters. The quantitative estimate of drug-likeness (QED) is 0.264. The normalized spacial score (nSPS) is 15.3. The van der Waals surface area contributed by atoms with E-state index in [4.69, 9.17) is 14.6 Å². The molecular formula is C22H27BrN4O3S. The van der Waals surface area contributed by atoms with Gasteiger partial charge in [0.25, 0.3) is 0 Å². The van der Waals surface area contributed by atoms with Crippen LogP contribution in [0.25, 0.3) is 0 Å². The van der Waals surface area contributed by atoms with Gasteiger partial charge in [0.15, 0.2) is 0 Å². The maximum absolute atomic E-state index is 13.1. The molecule has 1 aliphatic rings. The fourth-order valence-corrected chi connectivity index (χ4v) is 4.29. The van der Waals surface area contributed by atoms with E-state index in [1.807, 2.05) is 25.1 Å². The van der Waals surface area contributed by atoms with Crippen molar-refractivity contribution < 1.29 is 14.3 Å². The first kappa shape index (κ1) is 23.4. The van der Waals surface area contributed by atoms with E-state index in [0.717, 1.165) is 28.6 Å². The number of anilines is 1. The maximum atomic E-state index is 13.1. The Hall–Kier alpha value is -2.26. The molecule has 0 radical (unpaired) electrons. The summed E-state index contributed by atoms with van der Waals surface area (Å²) in [4.78, 5) is 17.7. The lowest BCUT2D eigenvalue weighted by molar-refractivity contribution is -0.138. The molecule has 166 valence electrons. The first-order valence-corrected chi connectivity index (χ1v) is 12.0. The van der Waals surface area contributed by atoms with Gasteiger partial charge in [-0.15, -0.1) is 5.10 Å². The number of fused-ring (bicyclic) bond motifs is 1. The molecule has 1 aromatic carbocycles. The van der Waals surface area contributed by atoms with Crippen molar-refractivity contribution in [2.75, 3.05) is 24.3 Å². The SMILES string of the molecule is C=CCOC(=O)C1=C(C)Nc2nc(SCCC)nn2C1c1cc(Br)ccc1OCCC. The maximum Gasteiger partial charge on any atom is 0.338 e. The van der Waals surface area contributed by atoms with Gasteiger partial charge in [0.1, 0.15) is 18.4 Å². The Morgan fingerprint density at radius 3 is 2.90 bits per heavy atom. The fourth-order valence-electron chi connectivity index (χ4n) is 3.23. The molecule has 2 heterocycles. The summed E-state index contributed by atoms with van der Waals surface area (Å²) in [7, 11) is 0. The van der Waals surface area contributed by atoms with Crippen LogP contribution in [0.1, 0.15) is 45.2 Å². The number of ether oxygens (including phenoxy) is 2. The summed E-state index contributed by atoms with van der Waals surface area (Å²) in [6.07, 6.45) is 3.44. The third-order valence-corrected chi connectivity index (χ3v) is 6.09. The number of nitrogens with zero attached hydrogens (tertiary/aromatic N) is 3. The number of carbonyl (C=O) groups excluding carboxylic acids is 1. The van der Waals surface area contributed by atoms with Gasteiger partial charge < -0.3 is 14.8 Å². The van der Waals surface area contributed by atoms with Gasteiger partial charge in [-0.05, 0) is 38.0 Å². The monoisotopic (exact) mass is 506 g/mol. The van der Waals surface area contributed by atoms with Crippen LogP contribution in [0.2, 0.25) is 0 Å². The van der Waals surface area contributed by atoms with Crippen LogP contribution in [0, 0.1) is 0 Å². The average molecular weight is 507 g/mol. The number of benzene rings is 1. The molecule has 0 saturated carbocycles. The van der Waals surface area contributed by atoms with Gasteiger partial charge in [-0.3, -0.25) is 0 Å². The highest BCUT2D eigenvalue weighted by Crippen LogP contribution is 2.41. The van der Waals surface area contributed by atoms with Crippen LogP contribution in [0.15, 0.2) is 51.8 Å². The molecule has 0 fully saturated rings. The van der Waals surface area contributed by atoms with E-state index in [2.05, 4.69) is 46.7 Å². The van der Waals surface area contributed by atoms with Crippen molar-refractivity contribution >= 4 is 39.6 Å². The van der Waals surface area contributed by atoms with E-state index in [-0.39, 0.29) is 6.61 Å². The molecule has 9 heteroatoms. The molecule has 3 rings (SSSR count). The van der Waals surface area contributed by atoms with Gasteiger partial charge in [-0.25, -0.2) is 9.48 Å². The van der Waals surface area contributed by atoms with E-state index in [1.54, 1.807) is 22.5 Å². The molecule has 1 N–H and O–H groups in total. The van der Waals surface area contributed by atoms with Crippen LogP contribution < -0.4 is 10.1 Å². The lowest BCUT2D eigenvalue weighted by Crippen LogP contribution is -2.30. The number of esters is 1. The summed E-state index contributed by atoms with van der Waals surface area (Å²) in [5.41, 5.74) is 1.95. The number of allylic oxidation sites excluding steroid dienone is 1. The lowest BCUT2D eigenvalue weighted by atomic mass is 9.95. The molecule has 1 aromatic heterocycles. The largest absolute Gasteiger partial charge is 0.493 e. The van der Waals surface area contributed by atoms with Crippen molar-refractivity contribution in [1.82, 2.24) is 14.8 Å². The van der Waals surface area contributed by atoms with Crippen LogP contribution >= 0.6 is 27.7 Å².